The van der Waals surface area contributed by atoms with Crippen LogP contribution in [-0.4, -0.2) is 61.5 Å². The van der Waals surface area contributed by atoms with Gasteiger partial charge in [-0.05, 0) is 20.3 Å². The van der Waals surface area contributed by atoms with Crippen LogP contribution in [-0.2, 0) is 6.42 Å². The van der Waals surface area contributed by atoms with Gasteiger partial charge in [0.2, 0.25) is 0 Å². The lowest BCUT2D eigenvalue weighted by atomic mass is 9.99. The molecule has 0 saturated carbocycles. The fourth-order valence-corrected chi connectivity index (χ4v) is 3.11. The average Bonchev–Trinajstić information content (AvgIpc) is 3.01. The van der Waals surface area contributed by atoms with E-state index in [0.717, 1.165) is 11.4 Å². The number of imidazole rings is 1. The van der Waals surface area contributed by atoms with Gasteiger partial charge in [0.05, 0.1) is 11.3 Å². The van der Waals surface area contributed by atoms with Crippen LogP contribution in [0.25, 0.3) is 5.65 Å². The van der Waals surface area contributed by atoms with Crippen molar-refractivity contribution < 1.29 is 29.7 Å². The van der Waals surface area contributed by atoms with Gasteiger partial charge in [0.1, 0.15) is 0 Å². The lowest BCUT2D eigenvalue weighted by Gasteiger charge is -2.16. The number of aryl methyl sites for hydroxylation is 2. The molecule has 0 aliphatic carbocycles. The van der Waals surface area contributed by atoms with Crippen LogP contribution in [0.2, 0.25) is 0 Å². The number of carbonyl (C=O) groups is 3. The van der Waals surface area contributed by atoms with Crippen LogP contribution in [0.15, 0.2) is 36.5 Å². The molecule has 1 amide bonds. The van der Waals surface area contributed by atoms with Gasteiger partial charge in [-0.25, -0.2) is 9.78 Å². The summed E-state index contributed by atoms with van der Waals surface area (Å²) in [6.07, 6.45) is 0.325. The van der Waals surface area contributed by atoms with Crippen molar-refractivity contribution in [3.8, 4) is 5.75 Å². The highest BCUT2D eigenvalue weighted by Crippen LogP contribution is 2.30. The normalized spacial score (nSPS) is 10.3. The average molecular weight is 427 g/mol. The molecule has 164 valence electrons. The molecule has 0 radical (unpaired) electrons. The minimum atomic E-state index is -1.83. The SMILES string of the molecule is Cc1nc2c(O)c(CCC(=O)c3ccccc3)c(C(=O)N(C)C)cn2c1C.O=C(O)O. The minimum Gasteiger partial charge on any atom is -0.504 e. The number of aromatic nitrogens is 2. The largest absolute Gasteiger partial charge is 0.504 e. The Morgan fingerprint density at radius 1 is 1.06 bits per heavy atom. The summed E-state index contributed by atoms with van der Waals surface area (Å²) in [5.41, 5.74) is 3.50. The Kier molecular flexibility index (Phi) is 7.36. The fraction of sp³-hybridized carbons (Fsp3) is 0.273. The summed E-state index contributed by atoms with van der Waals surface area (Å²) in [4.78, 5) is 39.6. The highest BCUT2D eigenvalue weighted by molar-refractivity contribution is 5.98. The number of benzene rings is 1. The molecule has 31 heavy (non-hydrogen) atoms. The molecule has 3 aromatic rings. The molecule has 0 unspecified atom stereocenters. The second kappa shape index (κ2) is 9.75. The molecule has 2 heterocycles. The maximum atomic E-state index is 12.7. The third-order valence-electron chi connectivity index (χ3n) is 4.80. The third-order valence-corrected chi connectivity index (χ3v) is 4.80. The quantitative estimate of drug-likeness (QED) is 0.532. The molecule has 2 aromatic heterocycles. The van der Waals surface area contributed by atoms with Gasteiger partial charge in [0.25, 0.3) is 5.91 Å². The number of amides is 1. The maximum absolute atomic E-state index is 12.7. The van der Waals surface area contributed by atoms with Gasteiger partial charge in [0.15, 0.2) is 17.2 Å². The lowest BCUT2D eigenvalue weighted by Crippen LogP contribution is -2.24. The van der Waals surface area contributed by atoms with Crippen molar-refractivity contribution in [2.24, 2.45) is 0 Å². The Hall–Kier alpha value is -3.88. The summed E-state index contributed by atoms with van der Waals surface area (Å²) < 4.78 is 1.73. The predicted molar refractivity (Wildman–Crippen MR) is 114 cm³/mol. The summed E-state index contributed by atoms with van der Waals surface area (Å²) >= 11 is 0. The van der Waals surface area contributed by atoms with Gasteiger partial charge < -0.3 is 24.6 Å². The second-order valence-electron chi connectivity index (χ2n) is 7.12. The van der Waals surface area contributed by atoms with Crippen molar-refractivity contribution in [2.45, 2.75) is 26.7 Å². The molecule has 0 spiro atoms. The van der Waals surface area contributed by atoms with Crippen LogP contribution in [0.5, 0.6) is 5.75 Å². The molecular weight excluding hydrogens is 402 g/mol. The fourth-order valence-electron chi connectivity index (χ4n) is 3.11. The molecular formula is C22H25N3O6. The number of Topliss-reactive ketones (excluding diaryl/α,β-unsaturated/α-hetero) is 1. The zero-order chi connectivity index (χ0) is 23.3. The number of fused-ring (bicyclic) bond motifs is 1. The molecule has 0 fully saturated rings. The van der Waals surface area contributed by atoms with Crippen LogP contribution in [0.1, 0.15) is 44.1 Å². The molecule has 0 saturated heterocycles. The number of pyridine rings is 1. The lowest BCUT2D eigenvalue weighted by molar-refractivity contribution is 0.0824. The zero-order valence-electron chi connectivity index (χ0n) is 17.8. The van der Waals surface area contributed by atoms with E-state index in [1.165, 1.54) is 4.90 Å². The summed E-state index contributed by atoms with van der Waals surface area (Å²) in [5, 5.41) is 24.8. The van der Waals surface area contributed by atoms with E-state index in [9.17, 15) is 14.7 Å². The topological polar surface area (TPSA) is 132 Å². The highest BCUT2D eigenvalue weighted by atomic mass is 16.6. The first kappa shape index (κ1) is 23.4. The van der Waals surface area contributed by atoms with Crippen LogP contribution < -0.4 is 0 Å². The first-order chi connectivity index (χ1) is 14.5. The second-order valence-corrected chi connectivity index (χ2v) is 7.12. The van der Waals surface area contributed by atoms with Gasteiger partial charge in [-0.2, -0.15) is 0 Å². The smallest absolute Gasteiger partial charge is 0.503 e. The van der Waals surface area contributed by atoms with E-state index in [1.54, 1.807) is 36.8 Å². The third kappa shape index (κ3) is 5.39. The molecule has 0 aliphatic rings. The number of carboxylic acid groups (broad SMARTS) is 2. The van der Waals surface area contributed by atoms with Gasteiger partial charge in [-0.15, -0.1) is 0 Å². The van der Waals surface area contributed by atoms with Crippen LogP contribution >= 0.6 is 0 Å². The Morgan fingerprint density at radius 2 is 1.65 bits per heavy atom. The first-order valence-electron chi connectivity index (χ1n) is 9.46. The summed E-state index contributed by atoms with van der Waals surface area (Å²) in [6, 6.07) is 9.01. The predicted octanol–water partition coefficient (Wildman–Crippen LogP) is 3.40. The van der Waals surface area contributed by atoms with E-state index in [4.69, 9.17) is 15.0 Å². The van der Waals surface area contributed by atoms with Crippen molar-refractivity contribution in [1.29, 1.82) is 0 Å². The van der Waals surface area contributed by atoms with E-state index in [1.807, 2.05) is 32.0 Å². The van der Waals surface area contributed by atoms with E-state index in [2.05, 4.69) is 4.98 Å². The Bertz CT molecular complexity index is 1120. The number of carbonyl (C=O) groups excluding carboxylic acids is 2. The molecule has 3 N–H and O–H groups in total. The summed E-state index contributed by atoms with van der Waals surface area (Å²) in [7, 11) is 3.32. The van der Waals surface area contributed by atoms with E-state index < -0.39 is 6.16 Å². The number of rotatable bonds is 5. The van der Waals surface area contributed by atoms with E-state index >= 15 is 0 Å². The number of hydrogen-bond donors (Lipinski definition) is 3. The molecule has 1 aromatic carbocycles. The van der Waals surface area contributed by atoms with Gasteiger partial charge >= 0.3 is 6.16 Å². The summed E-state index contributed by atoms with van der Waals surface area (Å²) in [6.45, 7) is 3.74. The maximum Gasteiger partial charge on any atom is 0.503 e. The van der Waals surface area contributed by atoms with Crippen LogP contribution in [0.3, 0.4) is 0 Å². The van der Waals surface area contributed by atoms with Gasteiger partial charge in [0, 0.05) is 43.5 Å². The molecule has 0 bridgehead atoms. The van der Waals surface area contributed by atoms with Crippen molar-refractivity contribution in [3.63, 3.8) is 0 Å². The Labute approximate surface area is 179 Å². The zero-order valence-corrected chi connectivity index (χ0v) is 17.8. The molecule has 9 nitrogen and oxygen atoms in total. The van der Waals surface area contributed by atoms with Crippen molar-refractivity contribution in [2.75, 3.05) is 14.1 Å². The first-order valence-corrected chi connectivity index (χ1v) is 9.46. The van der Waals surface area contributed by atoms with Crippen LogP contribution in [0.4, 0.5) is 4.79 Å². The standard InChI is InChI=1S/C21H23N3O3.CH2O3/c1-13-14(2)24-12-17(21(27)23(3)4)16(19(26)20(24)22-13)10-11-18(25)15-8-6-5-7-9-15;2-1(3)4/h5-9,12,26H,10-11H2,1-4H3;(H2,2,3,4). The van der Waals surface area contributed by atoms with Crippen molar-refractivity contribution in [3.05, 3.63) is 64.6 Å². The van der Waals surface area contributed by atoms with Gasteiger partial charge in [-0.1, -0.05) is 30.3 Å². The number of ketones is 1. The van der Waals surface area contributed by atoms with E-state index in [0.29, 0.717) is 22.3 Å². The number of nitrogens with zero attached hydrogens (tertiary/aromatic N) is 3. The van der Waals surface area contributed by atoms with Crippen molar-refractivity contribution >= 4 is 23.5 Å². The molecule has 0 aliphatic heterocycles. The van der Waals surface area contributed by atoms with Crippen molar-refractivity contribution in [1.82, 2.24) is 14.3 Å². The minimum absolute atomic E-state index is 0.0335. The van der Waals surface area contributed by atoms with Crippen LogP contribution in [0, 0.1) is 13.8 Å². The Morgan fingerprint density at radius 3 is 2.19 bits per heavy atom. The summed E-state index contributed by atoms with van der Waals surface area (Å²) in [5.74, 6) is -0.297. The Balaban J connectivity index is 0.000000785. The molecule has 9 heteroatoms. The number of aromatic hydroxyl groups is 1. The van der Waals surface area contributed by atoms with E-state index in [-0.39, 0.29) is 30.3 Å². The molecule has 0 atom stereocenters. The number of hydrogen-bond acceptors (Lipinski definition) is 5. The highest BCUT2D eigenvalue weighted by Gasteiger charge is 2.23. The van der Waals surface area contributed by atoms with Gasteiger partial charge in [-0.3, -0.25) is 9.59 Å². The molecule has 3 rings (SSSR count). The monoisotopic (exact) mass is 427 g/mol.